The van der Waals surface area contributed by atoms with E-state index >= 15 is 0 Å². The third kappa shape index (κ3) is 3.95. The molecule has 7 nitrogen and oxygen atoms in total. The average Bonchev–Trinajstić information content (AvgIpc) is 2.87. The average molecular weight is 338 g/mol. The van der Waals surface area contributed by atoms with E-state index < -0.39 is 16.1 Å². The van der Waals surface area contributed by atoms with Gasteiger partial charge in [0.05, 0.1) is 4.90 Å². The molecule has 0 amide bonds. The molecule has 1 aromatic carbocycles. The van der Waals surface area contributed by atoms with Crippen molar-refractivity contribution in [2.24, 2.45) is 0 Å². The fourth-order valence-corrected chi connectivity index (χ4v) is 3.01. The Kier molecular flexibility index (Phi) is 5.18. The molecule has 2 rings (SSSR count). The maximum Gasteiger partial charge on any atom is 0.242 e. The summed E-state index contributed by atoms with van der Waals surface area (Å²) in [6.07, 6.45) is 0.0108. The molecule has 0 bridgehead atoms. The highest BCUT2D eigenvalue weighted by molar-refractivity contribution is 7.89. The Bertz CT molecular complexity index is 765. The number of benzene rings is 1. The normalized spacial score (nSPS) is 13.5. The first kappa shape index (κ1) is 17.6. The van der Waals surface area contributed by atoms with Crippen LogP contribution in [-0.2, 0) is 23.0 Å². The SMILES string of the molecule is Cc1nc([C@H](C)O)nn1CCc1ccc(S(=O)(=O)N(C)C)cc1. The smallest absolute Gasteiger partial charge is 0.242 e. The van der Waals surface area contributed by atoms with Crippen LogP contribution in [0.1, 0.15) is 30.2 Å². The molecule has 0 aliphatic rings. The number of sulfonamides is 1. The van der Waals surface area contributed by atoms with Crippen molar-refractivity contribution in [3.63, 3.8) is 0 Å². The minimum Gasteiger partial charge on any atom is -0.385 e. The second-order valence-corrected chi connectivity index (χ2v) is 7.75. The van der Waals surface area contributed by atoms with Crippen molar-refractivity contribution in [1.82, 2.24) is 19.1 Å². The zero-order valence-electron chi connectivity index (χ0n) is 13.8. The van der Waals surface area contributed by atoms with Gasteiger partial charge in [0.1, 0.15) is 11.9 Å². The quantitative estimate of drug-likeness (QED) is 0.853. The van der Waals surface area contributed by atoms with Gasteiger partial charge in [0.2, 0.25) is 10.0 Å². The van der Waals surface area contributed by atoms with Gasteiger partial charge in [-0.05, 0) is 38.0 Å². The van der Waals surface area contributed by atoms with Gasteiger partial charge in [-0.25, -0.2) is 22.4 Å². The topological polar surface area (TPSA) is 88.3 Å². The third-order valence-electron chi connectivity index (χ3n) is 3.56. The first-order valence-corrected chi connectivity index (χ1v) is 8.76. The van der Waals surface area contributed by atoms with Gasteiger partial charge in [-0.1, -0.05) is 12.1 Å². The molecular weight excluding hydrogens is 316 g/mol. The predicted molar refractivity (Wildman–Crippen MR) is 86.4 cm³/mol. The fourth-order valence-electron chi connectivity index (χ4n) is 2.10. The van der Waals surface area contributed by atoms with Crippen LogP contribution < -0.4 is 0 Å². The van der Waals surface area contributed by atoms with Crippen molar-refractivity contribution in [1.29, 1.82) is 0 Å². The fraction of sp³-hybridized carbons (Fsp3) is 0.467. The van der Waals surface area contributed by atoms with E-state index in [1.54, 1.807) is 35.9 Å². The highest BCUT2D eigenvalue weighted by atomic mass is 32.2. The van der Waals surface area contributed by atoms with Gasteiger partial charge < -0.3 is 5.11 Å². The molecule has 0 aliphatic carbocycles. The van der Waals surface area contributed by atoms with Crippen LogP contribution in [0.2, 0.25) is 0 Å². The molecule has 126 valence electrons. The Morgan fingerprint density at radius 1 is 1.26 bits per heavy atom. The number of hydrogen-bond donors (Lipinski definition) is 1. The lowest BCUT2D eigenvalue weighted by Gasteiger charge is -2.11. The van der Waals surface area contributed by atoms with Crippen LogP contribution >= 0.6 is 0 Å². The second kappa shape index (κ2) is 6.77. The highest BCUT2D eigenvalue weighted by Crippen LogP contribution is 2.15. The number of hydrogen-bond acceptors (Lipinski definition) is 5. The third-order valence-corrected chi connectivity index (χ3v) is 5.39. The molecule has 0 unspecified atom stereocenters. The molecule has 0 spiro atoms. The zero-order valence-corrected chi connectivity index (χ0v) is 14.6. The van der Waals surface area contributed by atoms with E-state index in [0.29, 0.717) is 18.8 Å². The van der Waals surface area contributed by atoms with Crippen molar-refractivity contribution in [2.45, 2.75) is 37.8 Å². The standard InChI is InChI=1S/C15H22N4O3S/c1-11(20)15-16-12(2)19(17-15)10-9-13-5-7-14(8-6-13)23(21,22)18(3)4/h5-8,11,20H,9-10H2,1-4H3/t11-/m0/s1. The van der Waals surface area contributed by atoms with Crippen molar-refractivity contribution in [2.75, 3.05) is 14.1 Å². The van der Waals surface area contributed by atoms with Gasteiger partial charge in [-0.3, -0.25) is 0 Å². The predicted octanol–water partition coefficient (Wildman–Crippen LogP) is 1.13. The summed E-state index contributed by atoms with van der Waals surface area (Å²) in [7, 11) is -0.375. The highest BCUT2D eigenvalue weighted by Gasteiger charge is 2.16. The minimum atomic E-state index is -3.40. The van der Waals surface area contributed by atoms with Crippen LogP contribution in [0.3, 0.4) is 0 Å². The molecule has 23 heavy (non-hydrogen) atoms. The molecule has 0 radical (unpaired) electrons. The first-order valence-electron chi connectivity index (χ1n) is 7.32. The summed E-state index contributed by atoms with van der Waals surface area (Å²) in [6.45, 7) is 4.08. The molecule has 0 aliphatic heterocycles. The maximum absolute atomic E-state index is 12.0. The Labute approximate surface area is 136 Å². The van der Waals surface area contributed by atoms with E-state index in [9.17, 15) is 13.5 Å². The van der Waals surface area contributed by atoms with Gasteiger partial charge in [0.15, 0.2) is 5.82 Å². The summed E-state index contributed by atoms with van der Waals surface area (Å²) in [6, 6.07) is 6.83. The molecule has 1 N–H and O–H groups in total. The van der Waals surface area contributed by atoms with E-state index in [0.717, 1.165) is 11.4 Å². The summed E-state index contributed by atoms with van der Waals surface area (Å²) in [5, 5.41) is 13.8. The summed E-state index contributed by atoms with van der Waals surface area (Å²) in [5.74, 6) is 1.16. The van der Waals surface area contributed by atoms with Gasteiger partial charge in [-0.2, -0.15) is 5.10 Å². The van der Waals surface area contributed by atoms with Crippen LogP contribution in [-0.4, -0.2) is 46.7 Å². The lowest BCUT2D eigenvalue weighted by Crippen LogP contribution is -2.22. The minimum absolute atomic E-state index is 0.277. The number of rotatable bonds is 6. The van der Waals surface area contributed by atoms with Gasteiger partial charge in [0, 0.05) is 20.6 Å². The lowest BCUT2D eigenvalue weighted by atomic mass is 10.1. The molecule has 0 saturated heterocycles. The number of aliphatic hydroxyl groups is 1. The number of aromatic nitrogens is 3. The number of aliphatic hydroxyl groups excluding tert-OH is 1. The van der Waals surface area contributed by atoms with Crippen LogP contribution in [0.5, 0.6) is 0 Å². The van der Waals surface area contributed by atoms with Crippen LogP contribution in [0.25, 0.3) is 0 Å². The van der Waals surface area contributed by atoms with Crippen LogP contribution in [0.4, 0.5) is 0 Å². The first-order chi connectivity index (χ1) is 10.7. The van der Waals surface area contributed by atoms with Crippen molar-refractivity contribution in [3.8, 4) is 0 Å². The number of aryl methyl sites for hydroxylation is 3. The molecule has 0 fully saturated rings. The molecule has 1 heterocycles. The van der Waals surface area contributed by atoms with E-state index in [1.165, 1.54) is 18.4 Å². The van der Waals surface area contributed by atoms with E-state index in [4.69, 9.17) is 0 Å². The lowest BCUT2D eigenvalue weighted by molar-refractivity contribution is 0.188. The maximum atomic E-state index is 12.0. The molecule has 0 saturated carbocycles. The van der Waals surface area contributed by atoms with Crippen LogP contribution in [0, 0.1) is 6.92 Å². The molecule has 1 atom stereocenters. The van der Waals surface area contributed by atoms with E-state index in [1.807, 2.05) is 6.92 Å². The van der Waals surface area contributed by atoms with E-state index in [2.05, 4.69) is 10.1 Å². The summed E-state index contributed by atoms with van der Waals surface area (Å²) < 4.78 is 27.0. The van der Waals surface area contributed by atoms with Crippen molar-refractivity contribution < 1.29 is 13.5 Å². The summed E-state index contributed by atoms with van der Waals surface area (Å²) >= 11 is 0. The van der Waals surface area contributed by atoms with Crippen LogP contribution in [0.15, 0.2) is 29.2 Å². The Hall–Kier alpha value is -1.77. The monoisotopic (exact) mass is 338 g/mol. The van der Waals surface area contributed by atoms with Crippen molar-refractivity contribution in [3.05, 3.63) is 41.5 Å². The number of nitrogens with zero attached hydrogens (tertiary/aromatic N) is 4. The van der Waals surface area contributed by atoms with Gasteiger partial charge in [0.25, 0.3) is 0 Å². The molecular formula is C15H22N4O3S. The Morgan fingerprint density at radius 2 is 1.87 bits per heavy atom. The zero-order chi connectivity index (χ0) is 17.2. The van der Waals surface area contributed by atoms with Gasteiger partial charge in [-0.15, -0.1) is 0 Å². The van der Waals surface area contributed by atoms with Crippen molar-refractivity contribution >= 4 is 10.0 Å². The second-order valence-electron chi connectivity index (χ2n) is 5.60. The Balaban J connectivity index is 2.08. The molecule has 8 heteroatoms. The Morgan fingerprint density at radius 3 is 2.35 bits per heavy atom. The largest absolute Gasteiger partial charge is 0.385 e. The molecule has 1 aromatic heterocycles. The summed E-state index contributed by atoms with van der Waals surface area (Å²) in [5.41, 5.74) is 1.01. The summed E-state index contributed by atoms with van der Waals surface area (Å²) in [4.78, 5) is 4.48. The van der Waals surface area contributed by atoms with E-state index in [-0.39, 0.29) is 4.90 Å². The van der Waals surface area contributed by atoms with Gasteiger partial charge >= 0.3 is 0 Å². The molecule has 2 aromatic rings.